The molecule has 0 aliphatic carbocycles. The summed E-state index contributed by atoms with van der Waals surface area (Å²) in [6, 6.07) is 7.29. The molecule has 2 amide bonds. The average molecular weight is 351 g/mol. The largest absolute Gasteiger partial charge is 0.373 e. The predicted molar refractivity (Wildman–Crippen MR) is 87.1 cm³/mol. The van der Waals surface area contributed by atoms with Crippen LogP contribution in [0.15, 0.2) is 36.4 Å². The van der Waals surface area contributed by atoms with E-state index in [0.29, 0.717) is 11.3 Å². The van der Waals surface area contributed by atoms with Crippen LogP contribution in [-0.4, -0.2) is 17.9 Å². The van der Waals surface area contributed by atoms with Crippen molar-refractivity contribution in [3.8, 4) is 0 Å². The Bertz CT molecular complexity index is 841. The number of nitrogens with one attached hydrogen (secondary N) is 1. The Hall–Kier alpha value is -2.47. The van der Waals surface area contributed by atoms with Gasteiger partial charge < -0.3 is 5.32 Å². The van der Waals surface area contributed by atoms with Crippen molar-refractivity contribution in [3.63, 3.8) is 0 Å². The molecule has 1 aliphatic heterocycles. The van der Waals surface area contributed by atoms with Crippen LogP contribution < -0.4 is 10.2 Å². The zero-order valence-corrected chi connectivity index (χ0v) is 13.4. The molecule has 3 rings (SSSR count). The highest BCUT2D eigenvalue weighted by molar-refractivity contribution is 6.31. The molecule has 2 aromatic rings. The molecular weight excluding hydrogens is 338 g/mol. The summed E-state index contributed by atoms with van der Waals surface area (Å²) in [5.74, 6) is -1.97. The predicted octanol–water partition coefficient (Wildman–Crippen LogP) is 3.67. The Kier molecular flexibility index (Phi) is 4.24. The van der Waals surface area contributed by atoms with Crippen molar-refractivity contribution in [3.05, 3.63) is 58.6 Å². The molecule has 0 bridgehead atoms. The maximum atomic E-state index is 13.6. The molecule has 2 aromatic carbocycles. The Morgan fingerprint density at radius 3 is 2.54 bits per heavy atom. The summed E-state index contributed by atoms with van der Waals surface area (Å²) >= 11 is 5.70. The number of rotatable bonds is 3. The zero-order chi connectivity index (χ0) is 17.4. The summed E-state index contributed by atoms with van der Waals surface area (Å²) in [5, 5.41) is 2.68. The van der Waals surface area contributed by atoms with E-state index in [2.05, 4.69) is 5.32 Å². The lowest BCUT2D eigenvalue weighted by Gasteiger charge is -2.16. The van der Waals surface area contributed by atoms with E-state index in [-0.39, 0.29) is 17.1 Å². The molecule has 4 nitrogen and oxygen atoms in total. The van der Waals surface area contributed by atoms with E-state index in [4.69, 9.17) is 11.6 Å². The molecule has 1 fully saturated rings. The second-order valence-corrected chi connectivity index (χ2v) is 5.94. The highest BCUT2D eigenvalue weighted by Crippen LogP contribution is 2.28. The van der Waals surface area contributed by atoms with E-state index < -0.39 is 29.5 Å². The molecule has 0 saturated carbocycles. The summed E-state index contributed by atoms with van der Waals surface area (Å²) in [6.07, 6.45) is -0.0800. The number of amides is 2. The van der Waals surface area contributed by atoms with Crippen LogP contribution in [0.25, 0.3) is 0 Å². The molecule has 1 heterocycles. The summed E-state index contributed by atoms with van der Waals surface area (Å²) in [6.45, 7) is 1.63. The molecule has 0 unspecified atom stereocenters. The van der Waals surface area contributed by atoms with Gasteiger partial charge >= 0.3 is 0 Å². The smallest absolute Gasteiger partial charge is 0.256 e. The lowest BCUT2D eigenvalue weighted by Crippen LogP contribution is -2.34. The molecule has 0 spiro atoms. The lowest BCUT2D eigenvalue weighted by molar-refractivity contribution is -0.121. The van der Waals surface area contributed by atoms with Gasteiger partial charge in [-0.1, -0.05) is 17.7 Å². The number of aryl methyl sites for hydroxylation is 1. The van der Waals surface area contributed by atoms with Crippen LogP contribution in [0, 0.1) is 18.6 Å². The molecule has 7 heteroatoms. The summed E-state index contributed by atoms with van der Waals surface area (Å²) in [5.41, 5.74) is 1.09. The van der Waals surface area contributed by atoms with Gasteiger partial charge in [0.15, 0.2) is 0 Å². The second kappa shape index (κ2) is 6.20. The summed E-state index contributed by atoms with van der Waals surface area (Å²) in [7, 11) is 0. The Balaban J connectivity index is 1.83. The van der Waals surface area contributed by atoms with E-state index in [0.717, 1.165) is 11.0 Å². The van der Waals surface area contributed by atoms with Crippen LogP contribution in [0.3, 0.4) is 0 Å². The van der Waals surface area contributed by atoms with Gasteiger partial charge in [-0.25, -0.2) is 13.7 Å². The number of carbonyl (C=O) groups is 2. The van der Waals surface area contributed by atoms with Crippen LogP contribution in [-0.2, 0) is 9.59 Å². The SMILES string of the molecule is Cc1ccc(N[C@@H]2CC(=O)N(c3ccc(F)c(Cl)c3)C2=O)cc1F. The zero-order valence-electron chi connectivity index (χ0n) is 12.6. The first kappa shape index (κ1) is 16.4. The Labute approximate surface area is 142 Å². The van der Waals surface area contributed by atoms with Gasteiger partial charge in [0, 0.05) is 5.69 Å². The standard InChI is InChI=1S/C17H13ClF2N2O2/c1-9-2-3-10(6-14(9)20)21-15-8-16(23)22(17(15)24)11-4-5-13(19)12(18)7-11/h2-7,15,21H,8H2,1H3/t15-/m1/s1. The fourth-order valence-corrected chi connectivity index (χ4v) is 2.70. The van der Waals surface area contributed by atoms with Gasteiger partial charge in [0.05, 0.1) is 17.1 Å². The minimum Gasteiger partial charge on any atom is -0.373 e. The van der Waals surface area contributed by atoms with Gasteiger partial charge in [-0.3, -0.25) is 9.59 Å². The maximum Gasteiger partial charge on any atom is 0.256 e. The number of benzene rings is 2. The van der Waals surface area contributed by atoms with Crippen LogP contribution in [0.1, 0.15) is 12.0 Å². The van der Waals surface area contributed by atoms with Gasteiger partial charge in [0.2, 0.25) is 5.91 Å². The van der Waals surface area contributed by atoms with Gasteiger partial charge in [0.25, 0.3) is 5.91 Å². The van der Waals surface area contributed by atoms with Crippen molar-refractivity contribution >= 4 is 34.8 Å². The molecule has 124 valence electrons. The molecule has 24 heavy (non-hydrogen) atoms. The first-order valence-corrected chi connectivity index (χ1v) is 7.59. The van der Waals surface area contributed by atoms with Crippen molar-refractivity contribution in [1.82, 2.24) is 0 Å². The second-order valence-electron chi connectivity index (χ2n) is 5.53. The highest BCUT2D eigenvalue weighted by Gasteiger charge is 2.39. The van der Waals surface area contributed by atoms with Crippen LogP contribution >= 0.6 is 11.6 Å². The topological polar surface area (TPSA) is 49.4 Å². The van der Waals surface area contributed by atoms with Gasteiger partial charge in [0.1, 0.15) is 17.7 Å². The number of hydrogen-bond acceptors (Lipinski definition) is 3. The summed E-state index contributed by atoms with van der Waals surface area (Å²) < 4.78 is 26.8. The average Bonchev–Trinajstić information content (AvgIpc) is 2.80. The monoisotopic (exact) mass is 350 g/mol. The van der Waals surface area contributed by atoms with E-state index in [1.165, 1.54) is 18.2 Å². The molecular formula is C17H13ClF2N2O2. The van der Waals surface area contributed by atoms with Crippen molar-refractivity contribution in [2.45, 2.75) is 19.4 Å². The van der Waals surface area contributed by atoms with Crippen LogP contribution in [0.4, 0.5) is 20.2 Å². The fraction of sp³-hybridized carbons (Fsp3) is 0.176. The van der Waals surface area contributed by atoms with Crippen LogP contribution in [0.5, 0.6) is 0 Å². The van der Waals surface area contributed by atoms with Gasteiger partial charge in [-0.2, -0.15) is 0 Å². The van der Waals surface area contributed by atoms with E-state index in [1.54, 1.807) is 19.1 Å². The van der Waals surface area contributed by atoms with Crippen LogP contribution in [0.2, 0.25) is 5.02 Å². The van der Waals surface area contributed by atoms with Crippen molar-refractivity contribution in [1.29, 1.82) is 0 Å². The highest BCUT2D eigenvalue weighted by atomic mass is 35.5. The van der Waals surface area contributed by atoms with Gasteiger partial charge in [-0.15, -0.1) is 0 Å². The third-order valence-corrected chi connectivity index (χ3v) is 4.11. The number of hydrogen-bond donors (Lipinski definition) is 1. The van der Waals surface area contributed by atoms with Gasteiger partial charge in [-0.05, 0) is 42.8 Å². The quantitative estimate of drug-likeness (QED) is 0.859. The first-order chi connectivity index (χ1) is 11.4. The number of nitrogens with zero attached hydrogens (tertiary/aromatic N) is 1. The lowest BCUT2D eigenvalue weighted by atomic mass is 10.2. The Morgan fingerprint density at radius 1 is 1.12 bits per heavy atom. The third-order valence-electron chi connectivity index (χ3n) is 3.82. The molecule has 1 N–H and O–H groups in total. The molecule has 1 saturated heterocycles. The molecule has 1 aliphatic rings. The van der Waals surface area contributed by atoms with Crippen molar-refractivity contribution in [2.75, 3.05) is 10.2 Å². The molecule has 0 aromatic heterocycles. The molecule has 1 atom stereocenters. The minimum atomic E-state index is -0.816. The Morgan fingerprint density at radius 2 is 1.88 bits per heavy atom. The van der Waals surface area contributed by atoms with Crippen molar-refractivity contribution in [2.24, 2.45) is 0 Å². The summed E-state index contributed by atoms with van der Waals surface area (Å²) in [4.78, 5) is 25.6. The minimum absolute atomic E-state index is 0.0800. The normalized spacial score (nSPS) is 17.5. The van der Waals surface area contributed by atoms with E-state index in [1.807, 2.05) is 0 Å². The molecule has 0 radical (unpaired) electrons. The van der Waals surface area contributed by atoms with E-state index >= 15 is 0 Å². The number of carbonyl (C=O) groups excluding carboxylic acids is 2. The first-order valence-electron chi connectivity index (χ1n) is 7.21. The van der Waals surface area contributed by atoms with Crippen molar-refractivity contribution < 1.29 is 18.4 Å². The number of imide groups is 1. The number of halogens is 3. The number of anilines is 2. The van der Waals surface area contributed by atoms with E-state index in [9.17, 15) is 18.4 Å². The fourth-order valence-electron chi connectivity index (χ4n) is 2.52. The third kappa shape index (κ3) is 2.97. The maximum absolute atomic E-state index is 13.6.